The minimum absolute atomic E-state index is 0.586. The van der Waals surface area contributed by atoms with E-state index in [9.17, 15) is 0 Å². The van der Waals surface area contributed by atoms with Crippen LogP contribution in [0.4, 0.5) is 11.8 Å². The molecule has 0 bridgehead atoms. The van der Waals surface area contributed by atoms with E-state index < -0.39 is 0 Å². The van der Waals surface area contributed by atoms with E-state index in [1.807, 2.05) is 0 Å². The van der Waals surface area contributed by atoms with Crippen LogP contribution in [0.2, 0.25) is 0 Å². The van der Waals surface area contributed by atoms with Crippen molar-refractivity contribution in [1.29, 1.82) is 0 Å². The molecule has 17 heavy (non-hydrogen) atoms. The van der Waals surface area contributed by atoms with Crippen LogP contribution in [0, 0.1) is 0 Å². The summed E-state index contributed by atoms with van der Waals surface area (Å²) in [5.41, 5.74) is 1.54. The van der Waals surface area contributed by atoms with Crippen molar-refractivity contribution < 1.29 is 0 Å². The van der Waals surface area contributed by atoms with Crippen LogP contribution in [-0.2, 0) is 0 Å². The maximum absolute atomic E-state index is 4.38. The van der Waals surface area contributed by atoms with Crippen molar-refractivity contribution in [2.45, 2.75) is 26.2 Å². The lowest BCUT2D eigenvalue weighted by Gasteiger charge is -2.07. The van der Waals surface area contributed by atoms with Gasteiger partial charge < -0.3 is 15.6 Å². The van der Waals surface area contributed by atoms with E-state index in [0.29, 0.717) is 11.6 Å². The van der Waals surface area contributed by atoms with Gasteiger partial charge in [0, 0.05) is 13.6 Å². The summed E-state index contributed by atoms with van der Waals surface area (Å²) < 4.78 is 0. The zero-order valence-corrected chi connectivity index (χ0v) is 10.2. The number of unbranched alkanes of at least 4 members (excludes halogenated alkanes) is 2. The molecule has 0 aromatic carbocycles. The molecule has 0 spiro atoms. The van der Waals surface area contributed by atoms with Crippen molar-refractivity contribution in [3.05, 3.63) is 6.33 Å². The molecule has 0 fully saturated rings. The molecule has 2 aromatic heterocycles. The number of imidazole rings is 1. The van der Waals surface area contributed by atoms with Crippen molar-refractivity contribution >= 4 is 22.9 Å². The van der Waals surface area contributed by atoms with Crippen molar-refractivity contribution in [2.24, 2.45) is 0 Å². The SMILES string of the molecule is CCCCCNc1nc(NC)nc2nc[nH]c12. The van der Waals surface area contributed by atoms with Gasteiger partial charge in [-0.2, -0.15) is 9.97 Å². The van der Waals surface area contributed by atoms with Crippen LogP contribution in [0.5, 0.6) is 0 Å². The first kappa shape index (κ1) is 11.6. The Labute approximate surface area is 100 Å². The quantitative estimate of drug-likeness (QED) is 0.666. The van der Waals surface area contributed by atoms with E-state index in [-0.39, 0.29) is 0 Å². The highest BCUT2D eigenvalue weighted by atomic mass is 15.2. The summed E-state index contributed by atoms with van der Waals surface area (Å²) >= 11 is 0. The second-order valence-electron chi connectivity index (χ2n) is 3.88. The molecule has 0 saturated heterocycles. The van der Waals surface area contributed by atoms with E-state index in [1.165, 1.54) is 12.8 Å². The van der Waals surface area contributed by atoms with Crippen LogP contribution >= 0.6 is 0 Å². The highest BCUT2D eigenvalue weighted by molar-refractivity contribution is 5.83. The Balaban J connectivity index is 2.16. The number of hydrogen-bond acceptors (Lipinski definition) is 5. The van der Waals surface area contributed by atoms with Gasteiger partial charge in [-0.25, -0.2) is 4.98 Å². The van der Waals surface area contributed by atoms with Gasteiger partial charge in [0.2, 0.25) is 5.95 Å². The normalized spacial score (nSPS) is 10.7. The minimum Gasteiger partial charge on any atom is -0.368 e. The third-order valence-corrected chi connectivity index (χ3v) is 2.58. The zero-order valence-electron chi connectivity index (χ0n) is 10.2. The maximum atomic E-state index is 4.38. The molecule has 2 rings (SSSR count). The third-order valence-electron chi connectivity index (χ3n) is 2.58. The molecule has 2 aromatic rings. The van der Waals surface area contributed by atoms with Gasteiger partial charge in [0.1, 0.15) is 5.52 Å². The van der Waals surface area contributed by atoms with Gasteiger partial charge >= 0.3 is 0 Å². The van der Waals surface area contributed by atoms with Crippen molar-refractivity contribution in [3.8, 4) is 0 Å². The summed E-state index contributed by atoms with van der Waals surface area (Å²) in [5.74, 6) is 1.40. The molecular weight excluding hydrogens is 216 g/mol. The average Bonchev–Trinajstić information content (AvgIpc) is 2.82. The van der Waals surface area contributed by atoms with Gasteiger partial charge in [0.25, 0.3) is 0 Å². The highest BCUT2D eigenvalue weighted by Gasteiger charge is 2.08. The van der Waals surface area contributed by atoms with Gasteiger partial charge in [-0.1, -0.05) is 19.8 Å². The monoisotopic (exact) mass is 234 g/mol. The van der Waals surface area contributed by atoms with Gasteiger partial charge in [-0.3, -0.25) is 0 Å². The summed E-state index contributed by atoms with van der Waals surface area (Å²) in [6.07, 6.45) is 5.22. The molecule has 0 aliphatic carbocycles. The van der Waals surface area contributed by atoms with Crippen LogP contribution < -0.4 is 10.6 Å². The van der Waals surface area contributed by atoms with Gasteiger partial charge in [-0.05, 0) is 6.42 Å². The molecule has 2 heterocycles. The Bertz CT molecular complexity index is 478. The fourth-order valence-corrected chi connectivity index (χ4v) is 1.65. The molecule has 0 amide bonds. The second kappa shape index (κ2) is 5.47. The van der Waals surface area contributed by atoms with Gasteiger partial charge in [0.15, 0.2) is 11.5 Å². The first-order valence-corrected chi connectivity index (χ1v) is 5.98. The van der Waals surface area contributed by atoms with Crippen molar-refractivity contribution in [1.82, 2.24) is 19.9 Å². The Morgan fingerprint density at radius 1 is 1.29 bits per heavy atom. The molecule has 0 radical (unpaired) electrons. The molecule has 0 saturated carbocycles. The maximum Gasteiger partial charge on any atom is 0.226 e. The number of nitrogens with zero attached hydrogens (tertiary/aromatic N) is 3. The lowest BCUT2D eigenvalue weighted by molar-refractivity contribution is 0.742. The van der Waals surface area contributed by atoms with E-state index in [1.54, 1.807) is 13.4 Å². The largest absolute Gasteiger partial charge is 0.368 e. The van der Waals surface area contributed by atoms with Gasteiger partial charge in [0.05, 0.1) is 6.33 Å². The summed E-state index contributed by atoms with van der Waals surface area (Å²) in [7, 11) is 1.80. The van der Waals surface area contributed by atoms with Gasteiger partial charge in [-0.15, -0.1) is 0 Å². The number of anilines is 2. The Morgan fingerprint density at radius 2 is 2.18 bits per heavy atom. The van der Waals surface area contributed by atoms with Crippen LogP contribution in [0.15, 0.2) is 6.33 Å². The van der Waals surface area contributed by atoms with Crippen LogP contribution in [0.25, 0.3) is 11.2 Å². The highest BCUT2D eigenvalue weighted by Crippen LogP contribution is 2.18. The Hall–Kier alpha value is -1.85. The second-order valence-corrected chi connectivity index (χ2v) is 3.88. The van der Waals surface area contributed by atoms with Crippen molar-refractivity contribution in [3.63, 3.8) is 0 Å². The predicted octanol–water partition coefficient (Wildman–Crippen LogP) is 2.00. The molecule has 0 unspecified atom stereocenters. The lowest BCUT2D eigenvalue weighted by Crippen LogP contribution is -2.06. The summed E-state index contributed by atoms with van der Waals surface area (Å²) in [4.78, 5) is 15.8. The molecule has 3 N–H and O–H groups in total. The van der Waals surface area contributed by atoms with E-state index >= 15 is 0 Å². The first-order chi connectivity index (χ1) is 8.35. The summed E-state index contributed by atoms with van der Waals surface area (Å²) in [6, 6.07) is 0. The molecule has 6 nitrogen and oxygen atoms in total. The van der Waals surface area contributed by atoms with E-state index in [0.717, 1.165) is 24.3 Å². The van der Waals surface area contributed by atoms with Crippen LogP contribution in [-0.4, -0.2) is 33.5 Å². The molecule has 0 aliphatic rings. The first-order valence-electron chi connectivity index (χ1n) is 5.98. The van der Waals surface area contributed by atoms with E-state index in [2.05, 4.69) is 37.5 Å². The molecule has 0 aliphatic heterocycles. The molecule has 0 atom stereocenters. The number of H-pyrrole nitrogens is 1. The Kier molecular flexibility index (Phi) is 3.74. The standard InChI is InChI=1S/C11H18N6/c1-3-4-5-6-13-9-8-10(15-7-14-8)17-11(12-2)16-9/h7H,3-6H2,1-2H3,(H3,12,13,14,15,16,17). The number of aromatic nitrogens is 4. The molecule has 6 heteroatoms. The topological polar surface area (TPSA) is 78.5 Å². The fourth-order valence-electron chi connectivity index (χ4n) is 1.65. The van der Waals surface area contributed by atoms with Crippen LogP contribution in [0.1, 0.15) is 26.2 Å². The smallest absolute Gasteiger partial charge is 0.226 e. The number of hydrogen-bond donors (Lipinski definition) is 3. The molecule has 92 valence electrons. The zero-order chi connectivity index (χ0) is 12.1. The van der Waals surface area contributed by atoms with Crippen molar-refractivity contribution in [2.75, 3.05) is 24.2 Å². The molecular formula is C11H18N6. The number of nitrogens with one attached hydrogen (secondary N) is 3. The minimum atomic E-state index is 0.586. The Morgan fingerprint density at radius 3 is 2.94 bits per heavy atom. The number of aromatic amines is 1. The van der Waals surface area contributed by atoms with E-state index in [4.69, 9.17) is 0 Å². The number of fused-ring (bicyclic) bond motifs is 1. The summed E-state index contributed by atoms with van der Waals surface area (Å²) in [6.45, 7) is 3.11. The predicted molar refractivity (Wildman–Crippen MR) is 69.2 cm³/mol. The number of rotatable bonds is 6. The summed E-state index contributed by atoms with van der Waals surface area (Å²) in [5, 5.41) is 6.26. The average molecular weight is 234 g/mol. The third kappa shape index (κ3) is 2.64. The lowest BCUT2D eigenvalue weighted by atomic mass is 10.2. The van der Waals surface area contributed by atoms with Crippen LogP contribution in [0.3, 0.4) is 0 Å². The fraction of sp³-hybridized carbons (Fsp3) is 0.545.